The molecule has 1 unspecified atom stereocenters. The van der Waals surface area contributed by atoms with Crippen LogP contribution in [0, 0.1) is 12.7 Å². The van der Waals surface area contributed by atoms with E-state index in [1.807, 2.05) is 19.1 Å². The number of hydrogen-bond donors (Lipinski definition) is 1. The van der Waals surface area contributed by atoms with Gasteiger partial charge in [-0.25, -0.2) is 4.39 Å². The fourth-order valence-corrected chi connectivity index (χ4v) is 2.22. The summed E-state index contributed by atoms with van der Waals surface area (Å²) < 4.78 is 19.4. The molecular formula is C18H20FNO2. The van der Waals surface area contributed by atoms with Crippen LogP contribution in [0.3, 0.4) is 0 Å². The van der Waals surface area contributed by atoms with Crippen molar-refractivity contribution < 1.29 is 13.9 Å². The van der Waals surface area contributed by atoms with Crippen molar-refractivity contribution in [3.05, 3.63) is 71.0 Å². The summed E-state index contributed by atoms with van der Waals surface area (Å²) in [6, 6.07) is 13.7. The van der Waals surface area contributed by atoms with E-state index in [4.69, 9.17) is 4.74 Å². The molecule has 0 spiro atoms. The van der Waals surface area contributed by atoms with Gasteiger partial charge in [-0.2, -0.15) is 0 Å². The number of amides is 1. The monoisotopic (exact) mass is 301 g/mol. The van der Waals surface area contributed by atoms with E-state index in [0.717, 1.165) is 5.56 Å². The van der Waals surface area contributed by atoms with Gasteiger partial charge < -0.3 is 10.1 Å². The number of ether oxygens (including phenoxy) is 1. The van der Waals surface area contributed by atoms with Gasteiger partial charge in [0.05, 0.1) is 6.54 Å². The van der Waals surface area contributed by atoms with Crippen LogP contribution in [0.15, 0.2) is 48.5 Å². The van der Waals surface area contributed by atoms with Crippen LogP contribution in [0.5, 0.6) is 0 Å². The zero-order chi connectivity index (χ0) is 16.2. The molecule has 2 aromatic rings. The normalized spacial score (nSPS) is 13.5. The molecule has 4 heteroatoms. The van der Waals surface area contributed by atoms with Gasteiger partial charge in [-0.3, -0.25) is 4.79 Å². The van der Waals surface area contributed by atoms with Gasteiger partial charge >= 0.3 is 0 Å². The number of aryl methyl sites for hydroxylation is 1. The number of rotatable bonds is 5. The number of carbonyl (C=O) groups is 1. The first-order valence-electron chi connectivity index (χ1n) is 7.11. The Labute approximate surface area is 130 Å². The molecule has 0 saturated heterocycles. The second-order valence-corrected chi connectivity index (χ2v) is 5.46. The predicted octanol–water partition coefficient (Wildman–Crippen LogP) is 3.43. The Bertz CT molecular complexity index is 654. The Hall–Kier alpha value is -2.20. The van der Waals surface area contributed by atoms with Crippen molar-refractivity contribution in [3.8, 4) is 0 Å². The molecule has 0 aromatic heterocycles. The number of carbonyl (C=O) groups excluding carboxylic acids is 1. The Morgan fingerprint density at radius 3 is 2.41 bits per heavy atom. The largest absolute Gasteiger partial charge is 0.372 e. The summed E-state index contributed by atoms with van der Waals surface area (Å²) in [7, 11) is 1.50. The maximum Gasteiger partial charge on any atom is 0.251 e. The van der Waals surface area contributed by atoms with E-state index in [2.05, 4.69) is 5.32 Å². The quantitative estimate of drug-likeness (QED) is 0.919. The molecule has 0 saturated carbocycles. The predicted molar refractivity (Wildman–Crippen MR) is 84.3 cm³/mol. The standard InChI is InChI=1S/C18H20FNO2/c1-13-8-10-14(11-9-13)17(21)20-12-18(2,22-3)15-6-4-5-7-16(15)19/h4-11H,12H2,1-3H3,(H,20,21). The van der Waals surface area contributed by atoms with Crippen molar-refractivity contribution in [1.29, 1.82) is 0 Å². The molecule has 0 bridgehead atoms. The first kappa shape index (κ1) is 16.2. The first-order chi connectivity index (χ1) is 10.5. The number of nitrogens with one attached hydrogen (secondary N) is 1. The lowest BCUT2D eigenvalue weighted by Crippen LogP contribution is -2.40. The number of hydrogen-bond acceptors (Lipinski definition) is 2. The van der Waals surface area contributed by atoms with Crippen molar-refractivity contribution in [2.45, 2.75) is 19.4 Å². The van der Waals surface area contributed by atoms with Gasteiger partial charge in [0.25, 0.3) is 5.91 Å². The molecule has 0 radical (unpaired) electrons. The Balaban J connectivity index is 2.12. The number of benzene rings is 2. The van der Waals surface area contributed by atoms with Crippen LogP contribution in [0.4, 0.5) is 4.39 Å². The van der Waals surface area contributed by atoms with Gasteiger partial charge in [0.1, 0.15) is 11.4 Å². The van der Waals surface area contributed by atoms with Crippen molar-refractivity contribution in [3.63, 3.8) is 0 Å². The summed E-state index contributed by atoms with van der Waals surface area (Å²) in [5.74, 6) is -0.559. The van der Waals surface area contributed by atoms with Gasteiger partial charge in [0, 0.05) is 18.2 Å². The minimum absolute atomic E-state index is 0.178. The minimum Gasteiger partial charge on any atom is -0.372 e. The lowest BCUT2D eigenvalue weighted by molar-refractivity contribution is 0.000389. The van der Waals surface area contributed by atoms with Gasteiger partial charge in [-0.05, 0) is 32.0 Å². The third-order valence-corrected chi connectivity index (χ3v) is 3.79. The molecule has 3 nitrogen and oxygen atoms in total. The van der Waals surface area contributed by atoms with E-state index in [9.17, 15) is 9.18 Å². The molecule has 0 fully saturated rings. The fraction of sp³-hybridized carbons (Fsp3) is 0.278. The lowest BCUT2D eigenvalue weighted by atomic mass is 9.95. The molecule has 0 aliphatic rings. The molecule has 0 aliphatic heterocycles. The van der Waals surface area contributed by atoms with E-state index in [0.29, 0.717) is 11.1 Å². The summed E-state index contributed by atoms with van der Waals surface area (Å²) in [5.41, 5.74) is 1.15. The molecule has 1 N–H and O–H groups in total. The van der Waals surface area contributed by atoms with Crippen LogP contribution in [0.2, 0.25) is 0 Å². The van der Waals surface area contributed by atoms with Crippen LogP contribution >= 0.6 is 0 Å². The summed E-state index contributed by atoms with van der Waals surface area (Å²) in [6.07, 6.45) is 0. The second kappa shape index (κ2) is 6.71. The highest BCUT2D eigenvalue weighted by molar-refractivity contribution is 5.94. The smallest absolute Gasteiger partial charge is 0.251 e. The van der Waals surface area contributed by atoms with Crippen molar-refractivity contribution >= 4 is 5.91 Å². The number of methoxy groups -OCH3 is 1. The van der Waals surface area contributed by atoms with E-state index < -0.39 is 5.60 Å². The van der Waals surface area contributed by atoms with Gasteiger partial charge in [-0.1, -0.05) is 35.9 Å². The molecule has 0 heterocycles. The van der Waals surface area contributed by atoms with E-state index in [-0.39, 0.29) is 18.3 Å². The lowest BCUT2D eigenvalue weighted by Gasteiger charge is -2.29. The molecule has 116 valence electrons. The van der Waals surface area contributed by atoms with Gasteiger partial charge in [0.2, 0.25) is 0 Å². The van der Waals surface area contributed by atoms with Crippen molar-refractivity contribution in [2.24, 2.45) is 0 Å². The molecule has 1 amide bonds. The number of halogens is 1. The minimum atomic E-state index is -0.925. The van der Waals surface area contributed by atoms with E-state index >= 15 is 0 Å². The Morgan fingerprint density at radius 1 is 1.18 bits per heavy atom. The molecule has 2 rings (SSSR count). The van der Waals surface area contributed by atoms with Crippen LogP contribution in [0.25, 0.3) is 0 Å². The topological polar surface area (TPSA) is 38.3 Å². The van der Waals surface area contributed by atoms with Crippen LogP contribution < -0.4 is 5.32 Å². The highest BCUT2D eigenvalue weighted by atomic mass is 19.1. The molecule has 22 heavy (non-hydrogen) atoms. The molecule has 1 atom stereocenters. The maximum atomic E-state index is 14.0. The third-order valence-electron chi connectivity index (χ3n) is 3.79. The Morgan fingerprint density at radius 2 is 1.82 bits per heavy atom. The third kappa shape index (κ3) is 3.52. The SMILES string of the molecule is COC(C)(CNC(=O)c1ccc(C)cc1)c1ccccc1F. The zero-order valence-corrected chi connectivity index (χ0v) is 13.0. The van der Waals surface area contributed by atoms with Crippen LogP contribution in [-0.2, 0) is 10.3 Å². The summed E-state index contributed by atoms with van der Waals surface area (Å²) in [5, 5.41) is 2.81. The highest BCUT2D eigenvalue weighted by Gasteiger charge is 2.29. The van der Waals surface area contributed by atoms with Crippen LogP contribution in [-0.4, -0.2) is 19.6 Å². The van der Waals surface area contributed by atoms with Crippen molar-refractivity contribution in [1.82, 2.24) is 5.32 Å². The van der Waals surface area contributed by atoms with Crippen LogP contribution in [0.1, 0.15) is 28.4 Å². The Kier molecular flexibility index (Phi) is 4.93. The molecule has 2 aromatic carbocycles. The van der Waals surface area contributed by atoms with E-state index in [1.165, 1.54) is 13.2 Å². The fourth-order valence-electron chi connectivity index (χ4n) is 2.22. The van der Waals surface area contributed by atoms with Gasteiger partial charge in [-0.15, -0.1) is 0 Å². The summed E-state index contributed by atoms with van der Waals surface area (Å²) >= 11 is 0. The van der Waals surface area contributed by atoms with Crippen molar-refractivity contribution in [2.75, 3.05) is 13.7 Å². The second-order valence-electron chi connectivity index (χ2n) is 5.46. The van der Waals surface area contributed by atoms with E-state index in [1.54, 1.807) is 37.3 Å². The summed E-state index contributed by atoms with van der Waals surface area (Å²) in [4.78, 5) is 12.2. The highest BCUT2D eigenvalue weighted by Crippen LogP contribution is 2.26. The summed E-state index contributed by atoms with van der Waals surface area (Å²) in [6.45, 7) is 3.89. The maximum absolute atomic E-state index is 14.0. The molecular weight excluding hydrogens is 281 g/mol. The first-order valence-corrected chi connectivity index (χ1v) is 7.11. The average molecular weight is 301 g/mol. The average Bonchev–Trinajstić information content (AvgIpc) is 2.53. The molecule has 0 aliphatic carbocycles. The zero-order valence-electron chi connectivity index (χ0n) is 13.0. The van der Waals surface area contributed by atoms with Gasteiger partial charge in [0.15, 0.2) is 0 Å².